The summed E-state index contributed by atoms with van der Waals surface area (Å²) < 4.78 is 6.05. The molecule has 10 heteroatoms. The summed E-state index contributed by atoms with van der Waals surface area (Å²) in [6.45, 7) is 5.24. The summed E-state index contributed by atoms with van der Waals surface area (Å²) in [5.41, 5.74) is 10.4. The zero-order chi connectivity index (χ0) is 23.8. The van der Waals surface area contributed by atoms with E-state index in [4.69, 9.17) is 16.2 Å². The molecule has 174 valence electrons. The van der Waals surface area contributed by atoms with E-state index in [0.29, 0.717) is 17.9 Å². The summed E-state index contributed by atoms with van der Waals surface area (Å²) in [4.78, 5) is 54.0. The Bertz CT molecular complexity index is 933. The maximum absolute atomic E-state index is 13.6. The van der Waals surface area contributed by atoms with E-state index in [1.807, 2.05) is 13.8 Å². The molecule has 1 saturated heterocycles. The van der Waals surface area contributed by atoms with Crippen molar-refractivity contribution in [2.24, 2.45) is 17.4 Å². The summed E-state index contributed by atoms with van der Waals surface area (Å²) in [5, 5.41) is 2.79. The molecule has 2 aliphatic heterocycles. The van der Waals surface area contributed by atoms with Gasteiger partial charge in [-0.1, -0.05) is 26.0 Å². The standard InChI is InChI=1S/C22H31N5O5/c1-12(2)9-15(26(4)19(29)13(3)23)20(30)27-11-22(10-16(27)18(24)28)21(31)25-14-7-5-6-8-17(14)32-22/h5-8,12-13,15-16H,9-11,23H2,1-4H3,(H2,24,28)(H,25,31)/t13?,15?,16-,22?/m0/s1. The predicted molar refractivity (Wildman–Crippen MR) is 117 cm³/mol. The molecule has 2 aliphatic rings. The maximum atomic E-state index is 13.6. The number of primary amides is 1. The quantitative estimate of drug-likeness (QED) is 0.564. The highest BCUT2D eigenvalue weighted by molar-refractivity contribution is 6.03. The number of nitrogens with two attached hydrogens (primary N) is 2. The largest absolute Gasteiger partial charge is 0.473 e. The van der Waals surface area contributed by atoms with Gasteiger partial charge in [0.15, 0.2) is 0 Å². The number of benzene rings is 1. The van der Waals surface area contributed by atoms with Crippen LogP contribution in [-0.4, -0.2) is 70.7 Å². The molecule has 0 saturated carbocycles. The number of anilines is 1. The lowest BCUT2D eigenvalue weighted by Crippen LogP contribution is -2.57. The van der Waals surface area contributed by atoms with Gasteiger partial charge in [0.2, 0.25) is 23.3 Å². The number of likely N-dealkylation sites (N-methyl/N-ethyl adjacent to an activating group) is 1. The molecule has 1 aromatic carbocycles. The lowest BCUT2D eigenvalue weighted by Gasteiger charge is -2.36. The fourth-order valence-corrected chi connectivity index (χ4v) is 4.29. The van der Waals surface area contributed by atoms with Crippen LogP contribution in [0.15, 0.2) is 24.3 Å². The fourth-order valence-electron chi connectivity index (χ4n) is 4.29. The number of carbonyl (C=O) groups is 4. The maximum Gasteiger partial charge on any atom is 0.270 e. The van der Waals surface area contributed by atoms with Gasteiger partial charge in [0.25, 0.3) is 5.91 Å². The Balaban J connectivity index is 1.94. The lowest BCUT2D eigenvalue weighted by molar-refractivity contribution is -0.148. The summed E-state index contributed by atoms with van der Waals surface area (Å²) in [6, 6.07) is 4.24. The minimum absolute atomic E-state index is 0.0758. The van der Waals surface area contributed by atoms with Crippen LogP contribution in [0.1, 0.15) is 33.6 Å². The number of fused-ring (bicyclic) bond motifs is 1. The number of ether oxygens (including phenoxy) is 1. The number of hydrogen-bond donors (Lipinski definition) is 3. The highest BCUT2D eigenvalue weighted by Gasteiger charge is 2.57. The minimum Gasteiger partial charge on any atom is -0.473 e. The van der Waals surface area contributed by atoms with Gasteiger partial charge in [0.1, 0.15) is 17.8 Å². The Morgan fingerprint density at radius 2 is 1.94 bits per heavy atom. The van der Waals surface area contributed by atoms with Gasteiger partial charge in [-0.25, -0.2) is 0 Å². The zero-order valence-corrected chi connectivity index (χ0v) is 18.8. The molecule has 1 spiro atoms. The second kappa shape index (κ2) is 8.78. The van der Waals surface area contributed by atoms with Crippen LogP contribution >= 0.6 is 0 Å². The summed E-state index contributed by atoms with van der Waals surface area (Å²) in [7, 11) is 1.52. The molecular formula is C22H31N5O5. The van der Waals surface area contributed by atoms with Crippen molar-refractivity contribution in [3.05, 3.63) is 24.3 Å². The third-order valence-electron chi connectivity index (χ3n) is 5.98. The fraction of sp³-hybridized carbons (Fsp3) is 0.545. The van der Waals surface area contributed by atoms with E-state index in [-0.39, 0.29) is 18.9 Å². The van der Waals surface area contributed by atoms with E-state index in [0.717, 1.165) is 0 Å². The van der Waals surface area contributed by atoms with Crippen molar-refractivity contribution in [1.82, 2.24) is 9.80 Å². The molecule has 4 amide bonds. The normalized spacial score (nSPS) is 23.9. The van der Waals surface area contributed by atoms with E-state index >= 15 is 0 Å². The predicted octanol–water partition coefficient (Wildman–Crippen LogP) is 0.0628. The Labute approximate surface area is 187 Å². The van der Waals surface area contributed by atoms with Crippen LogP contribution < -0.4 is 21.5 Å². The molecule has 3 rings (SSSR count). The van der Waals surface area contributed by atoms with Crippen LogP contribution in [0.25, 0.3) is 0 Å². The molecule has 32 heavy (non-hydrogen) atoms. The minimum atomic E-state index is -1.45. The van der Waals surface area contributed by atoms with E-state index in [2.05, 4.69) is 5.32 Å². The molecule has 0 bridgehead atoms. The van der Waals surface area contributed by atoms with Crippen LogP contribution in [0.4, 0.5) is 5.69 Å². The summed E-state index contributed by atoms with van der Waals surface area (Å²) >= 11 is 0. The number of amides is 4. The van der Waals surface area contributed by atoms with Crippen molar-refractivity contribution in [2.45, 2.75) is 57.3 Å². The lowest BCUT2D eigenvalue weighted by atomic mass is 9.96. The van der Waals surface area contributed by atoms with Crippen molar-refractivity contribution in [3.8, 4) is 5.75 Å². The SMILES string of the molecule is CC(C)CC(C(=O)N1CC2(C[C@H]1C(N)=O)Oc1ccccc1NC2=O)N(C)C(=O)C(C)N. The van der Waals surface area contributed by atoms with Gasteiger partial charge in [-0.3, -0.25) is 19.2 Å². The molecule has 4 atom stereocenters. The van der Waals surface area contributed by atoms with Crippen LogP contribution in [0, 0.1) is 5.92 Å². The van der Waals surface area contributed by atoms with Crippen molar-refractivity contribution >= 4 is 29.3 Å². The smallest absolute Gasteiger partial charge is 0.270 e. The molecule has 0 aliphatic carbocycles. The third-order valence-corrected chi connectivity index (χ3v) is 5.98. The van der Waals surface area contributed by atoms with Crippen LogP contribution in [-0.2, 0) is 19.2 Å². The molecule has 10 nitrogen and oxygen atoms in total. The molecule has 0 radical (unpaired) electrons. The first kappa shape index (κ1) is 23.5. The molecule has 0 aromatic heterocycles. The average Bonchev–Trinajstić information content (AvgIpc) is 3.12. The van der Waals surface area contributed by atoms with E-state index in [1.165, 1.54) is 16.8 Å². The number of likely N-dealkylation sites (tertiary alicyclic amines) is 1. The highest BCUT2D eigenvalue weighted by atomic mass is 16.5. The number of rotatable bonds is 6. The van der Waals surface area contributed by atoms with Crippen LogP contribution in [0.2, 0.25) is 0 Å². The molecule has 1 aromatic rings. The molecular weight excluding hydrogens is 414 g/mol. The Hall–Kier alpha value is -3.14. The summed E-state index contributed by atoms with van der Waals surface area (Å²) in [5.74, 6) is -1.52. The van der Waals surface area contributed by atoms with Crippen LogP contribution in [0.3, 0.4) is 0 Å². The highest BCUT2D eigenvalue weighted by Crippen LogP contribution is 2.40. The van der Waals surface area contributed by atoms with Gasteiger partial charge in [0.05, 0.1) is 18.3 Å². The molecule has 2 heterocycles. The third kappa shape index (κ3) is 4.27. The van der Waals surface area contributed by atoms with Gasteiger partial charge in [-0.15, -0.1) is 0 Å². The van der Waals surface area contributed by atoms with Gasteiger partial charge < -0.3 is 31.3 Å². The Morgan fingerprint density at radius 1 is 1.28 bits per heavy atom. The number of para-hydroxylation sites is 2. The first-order valence-corrected chi connectivity index (χ1v) is 10.7. The van der Waals surface area contributed by atoms with E-state index in [9.17, 15) is 19.2 Å². The number of nitrogens with zero attached hydrogens (tertiary/aromatic N) is 2. The summed E-state index contributed by atoms with van der Waals surface area (Å²) in [6.07, 6.45) is 0.284. The van der Waals surface area contributed by atoms with E-state index in [1.54, 1.807) is 31.2 Å². The monoisotopic (exact) mass is 445 g/mol. The van der Waals surface area contributed by atoms with Gasteiger partial charge in [-0.2, -0.15) is 0 Å². The number of nitrogens with one attached hydrogen (secondary N) is 1. The topological polar surface area (TPSA) is 148 Å². The first-order chi connectivity index (χ1) is 15.0. The van der Waals surface area contributed by atoms with Gasteiger partial charge in [0, 0.05) is 13.5 Å². The second-order valence-corrected chi connectivity index (χ2v) is 9.02. The molecule has 1 fully saturated rings. The molecule has 3 unspecified atom stereocenters. The van der Waals surface area contributed by atoms with Gasteiger partial charge in [-0.05, 0) is 31.4 Å². The Kier molecular flexibility index (Phi) is 6.45. The van der Waals surface area contributed by atoms with Crippen molar-refractivity contribution in [1.29, 1.82) is 0 Å². The van der Waals surface area contributed by atoms with Crippen molar-refractivity contribution < 1.29 is 23.9 Å². The average molecular weight is 446 g/mol. The molecule has 5 N–H and O–H groups in total. The van der Waals surface area contributed by atoms with Crippen LogP contribution in [0.5, 0.6) is 5.75 Å². The zero-order valence-electron chi connectivity index (χ0n) is 18.8. The first-order valence-electron chi connectivity index (χ1n) is 10.7. The Morgan fingerprint density at radius 3 is 2.53 bits per heavy atom. The number of hydrogen-bond acceptors (Lipinski definition) is 6. The van der Waals surface area contributed by atoms with Gasteiger partial charge >= 0.3 is 0 Å². The van der Waals surface area contributed by atoms with Crippen molar-refractivity contribution in [2.75, 3.05) is 18.9 Å². The second-order valence-electron chi connectivity index (χ2n) is 9.02. The van der Waals surface area contributed by atoms with Crippen molar-refractivity contribution in [3.63, 3.8) is 0 Å². The van der Waals surface area contributed by atoms with E-state index < -0.39 is 47.4 Å². The number of carbonyl (C=O) groups excluding carboxylic acids is 4.